The Bertz CT molecular complexity index is 345. The van der Waals surface area contributed by atoms with Gasteiger partial charge in [0.25, 0.3) is 0 Å². The number of aliphatic hydroxyl groups excluding tert-OH is 1. The standard InChI is InChI=1S/C10H23NO5.C5H7NO2.2C2H6.H2/c11-1-3-13-5-7-15-9-10-16-8-6-14-4-2-12;1-5(6)2-3(7)4(5)8;2*1-2;/h12H,1-11H2;2,6H2,1H3;2*1-2H3;1H. The molecule has 0 saturated heterocycles. The van der Waals surface area contributed by atoms with E-state index in [1.165, 1.54) is 0 Å². The zero-order valence-corrected chi connectivity index (χ0v) is 18.3. The van der Waals surface area contributed by atoms with Crippen molar-refractivity contribution in [2.45, 2.75) is 46.6 Å². The summed E-state index contributed by atoms with van der Waals surface area (Å²) < 4.78 is 20.6. The number of hydrogen-bond donors (Lipinski definition) is 3. The van der Waals surface area contributed by atoms with E-state index in [1.807, 2.05) is 27.7 Å². The normalized spacial score (nSPS) is 17.3. The van der Waals surface area contributed by atoms with E-state index in [0.717, 1.165) is 0 Å². The van der Waals surface area contributed by atoms with Gasteiger partial charge in [-0.25, -0.2) is 0 Å². The van der Waals surface area contributed by atoms with Gasteiger partial charge < -0.3 is 35.5 Å². The molecule has 9 heteroatoms. The van der Waals surface area contributed by atoms with Gasteiger partial charge in [0.2, 0.25) is 11.6 Å². The van der Waals surface area contributed by atoms with Crippen molar-refractivity contribution in [3.05, 3.63) is 0 Å². The topological polar surface area (TPSA) is 143 Å². The lowest BCUT2D eigenvalue weighted by atomic mass is 9.77. The Hall–Kier alpha value is -0.940. The van der Waals surface area contributed by atoms with Gasteiger partial charge in [-0.1, -0.05) is 27.7 Å². The average Bonchev–Trinajstić information content (AvgIpc) is 2.72. The lowest BCUT2D eigenvalue weighted by Crippen LogP contribution is -2.59. The Morgan fingerprint density at radius 3 is 1.43 bits per heavy atom. The number of rotatable bonds is 13. The van der Waals surface area contributed by atoms with E-state index in [-0.39, 0.29) is 20.2 Å². The van der Waals surface area contributed by atoms with Crippen LogP contribution in [0.4, 0.5) is 0 Å². The summed E-state index contributed by atoms with van der Waals surface area (Å²) in [5.74, 6) is -0.771. The predicted molar refractivity (Wildman–Crippen MR) is 111 cm³/mol. The molecule has 1 fully saturated rings. The molecule has 0 aromatic rings. The second-order valence-corrected chi connectivity index (χ2v) is 5.31. The van der Waals surface area contributed by atoms with Gasteiger partial charge in [-0.05, 0) is 6.92 Å². The molecule has 9 nitrogen and oxygen atoms in total. The third kappa shape index (κ3) is 19.8. The minimum absolute atomic E-state index is 0. The molecule has 172 valence electrons. The van der Waals surface area contributed by atoms with E-state index >= 15 is 0 Å². The molecule has 0 radical (unpaired) electrons. The minimum Gasteiger partial charge on any atom is -0.394 e. The van der Waals surface area contributed by atoms with Gasteiger partial charge in [-0.15, -0.1) is 0 Å². The molecule has 1 atom stereocenters. The van der Waals surface area contributed by atoms with Crippen molar-refractivity contribution < 1.29 is 35.1 Å². The summed E-state index contributed by atoms with van der Waals surface area (Å²) >= 11 is 0. The number of hydrogen-bond acceptors (Lipinski definition) is 9. The first-order valence-corrected chi connectivity index (χ1v) is 9.94. The first kappa shape index (κ1) is 31.7. The van der Waals surface area contributed by atoms with E-state index in [4.69, 9.17) is 35.5 Å². The van der Waals surface area contributed by atoms with Gasteiger partial charge in [0, 0.05) is 14.4 Å². The largest absolute Gasteiger partial charge is 0.394 e. The van der Waals surface area contributed by atoms with Crippen LogP contribution in [0.5, 0.6) is 0 Å². The molecule has 0 aliphatic heterocycles. The third-order valence-corrected chi connectivity index (χ3v) is 2.91. The van der Waals surface area contributed by atoms with E-state index < -0.39 is 11.3 Å². The number of carbonyl (C=O) groups excluding carboxylic acids is 2. The smallest absolute Gasteiger partial charge is 0.218 e. The molecule has 1 aliphatic rings. The molecule has 0 heterocycles. The molecule has 28 heavy (non-hydrogen) atoms. The highest BCUT2D eigenvalue weighted by atomic mass is 16.6. The van der Waals surface area contributed by atoms with Crippen LogP contribution in [0.15, 0.2) is 0 Å². The van der Waals surface area contributed by atoms with Crippen molar-refractivity contribution in [1.29, 1.82) is 0 Å². The number of Topliss-reactive ketones (excluding diaryl/α,β-unsaturated/α-hetero) is 2. The zero-order chi connectivity index (χ0) is 22.3. The Balaban J connectivity index is -0.000000201. The van der Waals surface area contributed by atoms with Gasteiger partial charge in [0.05, 0.1) is 65.0 Å². The van der Waals surface area contributed by atoms with Crippen LogP contribution in [-0.4, -0.2) is 88.2 Å². The number of ketones is 2. The van der Waals surface area contributed by atoms with E-state index in [2.05, 4.69) is 0 Å². The van der Waals surface area contributed by atoms with Crippen LogP contribution >= 0.6 is 0 Å². The quantitative estimate of drug-likeness (QED) is 0.292. The summed E-state index contributed by atoms with van der Waals surface area (Å²) in [6.45, 7) is 14.3. The maximum Gasteiger partial charge on any atom is 0.218 e. The molecular weight excluding hydrogens is 368 g/mol. The molecule has 1 unspecified atom stereocenters. The van der Waals surface area contributed by atoms with E-state index in [1.54, 1.807) is 6.92 Å². The fourth-order valence-corrected chi connectivity index (χ4v) is 1.62. The molecule has 0 aromatic carbocycles. The van der Waals surface area contributed by atoms with Crippen molar-refractivity contribution in [2.24, 2.45) is 11.5 Å². The summed E-state index contributed by atoms with van der Waals surface area (Å²) in [7, 11) is 0. The summed E-state index contributed by atoms with van der Waals surface area (Å²) in [6.07, 6.45) is 0.214. The summed E-state index contributed by atoms with van der Waals surface area (Å²) in [4.78, 5) is 20.6. The SMILES string of the molecule is CC.CC.CC1(N)CC(=O)C1=O.NCCOCCOCCOCCOCCO.[HH]. The molecule has 1 rings (SSSR count). The number of ether oxygens (including phenoxy) is 4. The van der Waals surface area contributed by atoms with E-state index in [9.17, 15) is 9.59 Å². The number of nitrogens with two attached hydrogens (primary N) is 2. The fourth-order valence-electron chi connectivity index (χ4n) is 1.62. The van der Waals surface area contributed by atoms with Crippen molar-refractivity contribution in [2.75, 3.05) is 66.0 Å². The highest BCUT2D eigenvalue weighted by Gasteiger charge is 2.45. The van der Waals surface area contributed by atoms with Crippen LogP contribution in [0.25, 0.3) is 0 Å². The Labute approximate surface area is 171 Å². The molecule has 0 spiro atoms. The second-order valence-electron chi connectivity index (χ2n) is 5.31. The van der Waals surface area contributed by atoms with Gasteiger partial charge >= 0.3 is 0 Å². The van der Waals surface area contributed by atoms with Gasteiger partial charge in [-0.3, -0.25) is 9.59 Å². The van der Waals surface area contributed by atoms with Crippen LogP contribution in [-0.2, 0) is 28.5 Å². The Kier molecular flexibility index (Phi) is 27.3. The lowest BCUT2D eigenvalue weighted by Gasteiger charge is -2.29. The van der Waals surface area contributed by atoms with Crippen LogP contribution in [0.1, 0.15) is 42.5 Å². The molecule has 0 bridgehead atoms. The third-order valence-electron chi connectivity index (χ3n) is 2.91. The highest BCUT2D eigenvalue weighted by molar-refractivity contribution is 6.47. The molecule has 0 amide bonds. The van der Waals surface area contributed by atoms with Crippen molar-refractivity contribution in [3.63, 3.8) is 0 Å². The maximum absolute atomic E-state index is 10.4. The van der Waals surface area contributed by atoms with Crippen LogP contribution in [0.2, 0.25) is 0 Å². The molecular formula is C19H44N2O7. The van der Waals surface area contributed by atoms with Gasteiger partial charge in [-0.2, -0.15) is 0 Å². The van der Waals surface area contributed by atoms with Crippen molar-refractivity contribution in [1.82, 2.24) is 0 Å². The lowest BCUT2D eigenvalue weighted by molar-refractivity contribution is -0.147. The number of aliphatic hydroxyl groups is 1. The van der Waals surface area contributed by atoms with Crippen LogP contribution < -0.4 is 11.5 Å². The summed E-state index contributed by atoms with van der Waals surface area (Å²) in [5.41, 5.74) is 9.69. The molecule has 5 N–H and O–H groups in total. The summed E-state index contributed by atoms with van der Waals surface area (Å²) in [5, 5.41) is 8.42. The number of carbonyl (C=O) groups is 2. The average molecular weight is 413 g/mol. The molecule has 0 aromatic heterocycles. The van der Waals surface area contributed by atoms with Crippen molar-refractivity contribution >= 4 is 11.6 Å². The predicted octanol–water partition coefficient (Wildman–Crippen LogP) is 0.548. The fraction of sp³-hybridized carbons (Fsp3) is 0.895. The maximum atomic E-state index is 10.4. The molecule has 1 aliphatic carbocycles. The second kappa shape index (κ2) is 24.1. The monoisotopic (exact) mass is 412 g/mol. The first-order chi connectivity index (χ1) is 13.5. The summed E-state index contributed by atoms with van der Waals surface area (Å²) in [6, 6.07) is 0. The first-order valence-electron chi connectivity index (χ1n) is 9.94. The molecule has 1 saturated carbocycles. The highest BCUT2D eigenvalue weighted by Crippen LogP contribution is 2.19. The van der Waals surface area contributed by atoms with Gasteiger partial charge in [0.1, 0.15) is 0 Å². The van der Waals surface area contributed by atoms with Crippen LogP contribution in [0, 0.1) is 0 Å². The van der Waals surface area contributed by atoms with Crippen molar-refractivity contribution in [3.8, 4) is 0 Å². The van der Waals surface area contributed by atoms with Crippen LogP contribution in [0.3, 0.4) is 0 Å². The zero-order valence-electron chi connectivity index (χ0n) is 18.3. The Morgan fingerprint density at radius 2 is 1.21 bits per heavy atom. The van der Waals surface area contributed by atoms with Gasteiger partial charge in [0.15, 0.2) is 0 Å². The van der Waals surface area contributed by atoms with E-state index in [0.29, 0.717) is 59.4 Å². The minimum atomic E-state index is -0.836. The Morgan fingerprint density at radius 1 is 0.857 bits per heavy atom.